The summed E-state index contributed by atoms with van der Waals surface area (Å²) >= 11 is 0. The number of aliphatic hydroxyl groups is 1. The highest BCUT2D eigenvalue weighted by Crippen LogP contribution is 2.24. The number of carbonyl (C=O) groups excluding carboxylic acids is 1. The van der Waals surface area contributed by atoms with Crippen LogP contribution in [0.25, 0.3) is 0 Å². The molecule has 1 aliphatic rings. The molecular weight excluding hydrogens is 358 g/mol. The number of amides is 1. The molecule has 2 N–H and O–H groups in total. The van der Waals surface area contributed by atoms with Crippen LogP contribution in [0, 0.1) is 0 Å². The van der Waals surface area contributed by atoms with Crippen LogP contribution in [-0.2, 0) is 14.8 Å². The van der Waals surface area contributed by atoms with Crippen LogP contribution in [0.15, 0.2) is 29.4 Å². The van der Waals surface area contributed by atoms with Crippen molar-refractivity contribution in [3.05, 3.63) is 24.4 Å². The Bertz CT molecular complexity index is 718. The first kappa shape index (κ1) is 20.6. The van der Waals surface area contributed by atoms with Gasteiger partial charge in [0.25, 0.3) is 10.0 Å². The predicted molar refractivity (Wildman–Crippen MR) is 96.0 cm³/mol. The summed E-state index contributed by atoms with van der Waals surface area (Å²) in [7, 11) is -3.83. The van der Waals surface area contributed by atoms with Crippen LogP contribution in [0.3, 0.4) is 0 Å². The van der Waals surface area contributed by atoms with E-state index in [0.717, 1.165) is 0 Å². The molecule has 146 valence electrons. The van der Waals surface area contributed by atoms with Crippen molar-refractivity contribution in [2.24, 2.45) is 0 Å². The molecule has 1 aromatic heterocycles. The maximum atomic E-state index is 12.9. The average molecular weight is 385 g/mol. The van der Waals surface area contributed by atoms with Gasteiger partial charge in [0.2, 0.25) is 0 Å². The van der Waals surface area contributed by atoms with E-state index >= 15 is 0 Å². The first-order valence-corrected chi connectivity index (χ1v) is 10.0. The van der Waals surface area contributed by atoms with Crippen molar-refractivity contribution in [3.8, 4) is 0 Å². The molecule has 1 aromatic rings. The molecule has 2 rings (SSSR count). The van der Waals surface area contributed by atoms with E-state index in [4.69, 9.17) is 4.74 Å². The van der Waals surface area contributed by atoms with Crippen LogP contribution in [0.5, 0.6) is 0 Å². The Labute approximate surface area is 154 Å². The fraction of sp³-hybridized carbons (Fsp3) is 0.647. The van der Waals surface area contributed by atoms with Gasteiger partial charge < -0.3 is 15.2 Å². The number of hydrogen-bond acceptors (Lipinski definition) is 6. The van der Waals surface area contributed by atoms with E-state index in [9.17, 15) is 18.3 Å². The Balaban J connectivity index is 2.14. The number of nitrogens with zero attached hydrogens (tertiary/aromatic N) is 2. The highest BCUT2D eigenvalue weighted by molar-refractivity contribution is 7.89. The number of sulfonamides is 1. The summed E-state index contributed by atoms with van der Waals surface area (Å²) in [6, 6.07) is 3.75. The Morgan fingerprint density at radius 2 is 2.04 bits per heavy atom. The molecule has 1 amide bonds. The molecule has 1 aliphatic heterocycles. The number of carbonyl (C=O) groups is 1. The molecule has 9 heteroatoms. The van der Waals surface area contributed by atoms with Crippen molar-refractivity contribution in [1.29, 1.82) is 0 Å². The van der Waals surface area contributed by atoms with Crippen LogP contribution >= 0.6 is 0 Å². The number of nitrogens with one attached hydrogen (secondary N) is 1. The van der Waals surface area contributed by atoms with Gasteiger partial charge in [-0.05, 0) is 52.7 Å². The number of β-amino-alcohol motifs (C(OH)–C–C–N with tert-alkyl or cyclic N) is 1. The van der Waals surface area contributed by atoms with Gasteiger partial charge in [0.05, 0.1) is 12.1 Å². The van der Waals surface area contributed by atoms with E-state index in [1.165, 1.54) is 16.6 Å². The van der Waals surface area contributed by atoms with Gasteiger partial charge in [-0.3, -0.25) is 0 Å². The quantitative estimate of drug-likeness (QED) is 0.816. The molecule has 0 bridgehead atoms. The Morgan fingerprint density at radius 1 is 1.35 bits per heavy atom. The smallest absolute Gasteiger partial charge is 0.407 e. The lowest BCUT2D eigenvalue weighted by Crippen LogP contribution is -2.49. The lowest BCUT2D eigenvalue weighted by molar-refractivity contribution is 0.0414. The summed E-state index contributed by atoms with van der Waals surface area (Å²) in [6.45, 7) is 6.90. The van der Waals surface area contributed by atoms with Crippen molar-refractivity contribution in [2.75, 3.05) is 6.54 Å². The van der Waals surface area contributed by atoms with E-state index in [2.05, 4.69) is 10.3 Å². The summed E-state index contributed by atoms with van der Waals surface area (Å²) in [5, 5.41) is 13.1. The number of ether oxygens (including phenoxy) is 1. The molecule has 0 spiro atoms. The highest BCUT2D eigenvalue weighted by atomic mass is 32.2. The largest absolute Gasteiger partial charge is 0.444 e. The third kappa shape index (κ3) is 5.15. The fourth-order valence-electron chi connectivity index (χ4n) is 2.83. The number of hydrogen-bond donors (Lipinski definition) is 2. The normalized spacial score (nSPS) is 25.3. The topological polar surface area (TPSA) is 109 Å². The molecule has 1 saturated heterocycles. The number of alkyl carbamates (subject to hydrolysis) is 1. The van der Waals surface area contributed by atoms with Gasteiger partial charge in [0.15, 0.2) is 5.03 Å². The van der Waals surface area contributed by atoms with E-state index in [-0.39, 0.29) is 17.6 Å². The van der Waals surface area contributed by atoms with Crippen molar-refractivity contribution < 1.29 is 23.1 Å². The second-order valence-corrected chi connectivity index (χ2v) is 9.33. The van der Waals surface area contributed by atoms with Gasteiger partial charge in [0, 0.05) is 18.8 Å². The van der Waals surface area contributed by atoms with Crippen molar-refractivity contribution in [1.82, 2.24) is 14.6 Å². The van der Waals surface area contributed by atoms with E-state index in [0.29, 0.717) is 12.8 Å². The lowest BCUT2D eigenvalue weighted by atomic mass is 10.1. The number of pyridine rings is 1. The summed E-state index contributed by atoms with van der Waals surface area (Å²) in [5.41, 5.74) is -0.651. The van der Waals surface area contributed by atoms with Gasteiger partial charge in [0.1, 0.15) is 5.60 Å². The maximum absolute atomic E-state index is 12.9. The predicted octanol–water partition coefficient (Wildman–Crippen LogP) is 1.51. The van der Waals surface area contributed by atoms with Crippen LogP contribution in [-0.4, -0.2) is 59.2 Å². The molecule has 3 atom stereocenters. The fourth-order valence-corrected chi connectivity index (χ4v) is 4.44. The van der Waals surface area contributed by atoms with Crippen molar-refractivity contribution >= 4 is 16.1 Å². The molecule has 2 heterocycles. The maximum Gasteiger partial charge on any atom is 0.407 e. The Hall–Kier alpha value is -1.71. The molecule has 0 aromatic carbocycles. The molecule has 0 saturated carbocycles. The minimum atomic E-state index is -3.83. The molecule has 0 unspecified atom stereocenters. The van der Waals surface area contributed by atoms with Gasteiger partial charge >= 0.3 is 6.09 Å². The molecule has 8 nitrogen and oxygen atoms in total. The van der Waals surface area contributed by atoms with Crippen LogP contribution in [0.2, 0.25) is 0 Å². The minimum absolute atomic E-state index is 0.0578. The van der Waals surface area contributed by atoms with Gasteiger partial charge in [-0.25, -0.2) is 18.2 Å². The van der Waals surface area contributed by atoms with Crippen molar-refractivity contribution in [3.63, 3.8) is 0 Å². The van der Waals surface area contributed by atoms with E-state index in [1.807, 2.05) is 0 Å². The number of aliphatic hydroxyl groups excluding tert-OH is 1. The second-order valence-electron chi connectivity index (χ2n) is 7.49. The monoisotopic (exact) mass is 385 g/mol. The Morgan fingerprint density at radius 3 is 2.62 bits per heavy atom. The lowest BCUT2D eigenvalue weighted by Gasteiger charge is -2.28. The number of rotatable bonds is 3. The minimum Gasteiger partial charge on any atom is -0.444 e. The second kappa shape index (κ2) is 7.89. The van der Waals surface area contributed by atoms with Crippen LogP contribution in [0.4, 0.5) is 4.79 Å². The Kier molecular flexibility index (Phi) is 6.25. The molecule has 0 aliphatic carbocycles. The highest BCUT2D eigenvalue weighted by Gasteiger charge is 2.37. The van der Waals surface area contributed by atoms with Crippen LogP contribution < -0.4 is 5.32 Å². The van der Waals surface area contributed by atoms with Gasteiger partial charge in [-0.15, -0.1) is 0 Å². The number of aromatic nitrogens is 1. The molecular formula is C17H27N3O5S. The van der Waals surface area contributed by atoms with Gasteiger partial charge in [-0.1, -0.05) is 6.07 Å². The zero-order chi connectivity index (χ0) is 19.5. The summed E-state index contributed by atoms with van der Waals surface area (Å²) < 4.78 is 32.2. The van der Waals surface area contributed by atoms with Gasteiger partial charge in [-0.2, -0.15) is 4.31 Å². The van der Waals surface area contributed by atoms with Crippen LogP contribution in [0.1, 0.15) is 40.5 Å². The zero-order valence-corrected chi connectivity index (χ0v) is 16.4. The summed E-state index contributed by atoms with van der Waals surface area (Å²) in [6.07, 6.45) is 0.666. The standard InChI is InChI=1S/C17H27N3O5S/c1-12-8-9-13(19-16(22)25-17(2,3)4)14(21)11-20(12)26(23,24)15-7-5-6-10-18-15/h5-7,10,12-14,21H,8-9,11H2,1-4H3,(H,19,22)/t12-,13+,14+/m1/s1. The molecule has 0 radical (unpaired) electrons. The first-order chi connectivity index (χ1) is 12.0. The summed E-state index contributed by atoms with van der Waals surface area (Å²) in [4.78, 5) is 15.9. The summed E-state index contributed by atoms with van der Waals surface area (Å²) in [5.74, 6) is 0. The average Bonchev–Trinajstić information content (AvgIpc) is 2.67. The molecule has 1 fully saturated rings. The first-order valence-electron chi connectivity index (χ1n) is 8.61. The van der Waals surface area contributed by atoms with Crippen molar-refractivity contribution in [2.45, 2.75) is 69.4 Å². The van der Waals surface area contributed by atoms with E-state index in [1.54, 1.807) is 39.8 Å². The SMILES string of the molecule is C[C@@H]1CC[C@H](NC(=O)OC(C)(C)C)[C@@H](O)CN1S(=O)(=O)c1ccccn1. The third-order valence-corrected chi connectivity index (χ3v) is 6.03. The molecule has 26 heavy (non-hydrogen) atoms. The zero-order valence-electron chi connectivity index (χ0n) is 15.5. The third-order valence-electron chi connectivity index (χ3n) is 4.13. The van der Waals surface area contributed by atoms with E-state index < -0.39 is 33.9 Å².